The van der Waals surface area contributed by atoms with Gasteiger partial charge in [0.05, 0.1) is 6.10 Å². The highest BCUT2D eigenvalue weighted by molar-refractivity contribution is 6.18. The van der Waals surface area contributed by atoms with Gasteiger partial charge < -0.3 is 5.11 Å². The first-order valence-electron chi connectivity index (χ1n) is 5.15. The van der Waals surface area contributed by atoms with Crippen molar-refractivity contribution in [2.45, 2.75) is 51.3 Å². The molecule has 2 nitrogen and oxygen atoms in total. The van der Waals surface area contributed by atoms with Crippen LogP contribution in [0.2, 0.25) is 0 Å². The summed E-state index contributed by atoms with van der Waals surface area (Å²) < 4.78 is 0. The third-order valence-electron chi connectivity index (χ3n) is 2.98. The molecule has 1 aliphatic heterocycles. The maximum absolute atomic E-state index is 9.47. The number of likely N-dealkylation sites (tertiary alicyclic amines) is 1. The minimum atomic E-state index is -0.371. The molecule has 1 aliphatic rings. The first-order valence-corrected chi connectivity index (χ1v) is 5.68. The Morgan fingerprint density at radius 1 is 1.38 bits per heavy atom. The minimum Gasteiger partial charge on any atom is -0.391 e. The summed E-state index contributed by atoms with van der Waals surface area (Å²) in [5, 5.41) is 9.47. The molecule has 0 spiro atoms. The Hall–Kier alpha value is 0.210. The molecular formula is C10H20ClNO. The van der Waals surface area contributed by atoms with Crippen molar-refractivity contribution in [3.8, 4) is 0 Å². The Kier molecular flexibility index (Phi) is 4.50. The van der Waals surface area contributed by atoms with Gasteiger partial charge in [-0.2, -0.15) is 0 Å². The Labute approximate surface area is 85.9 Å². The molecule has 0 unspecified atom stereocenters. The predicted molar refractivity (Wildman–Crippen MR) is 56.2 cm³/mol. The quantitative estimate of drug-likeness (QED) is 0.711. The van der Waals surface area contributed by atoms with E-state index in [4.69, 9.17) is 11.6 Å². The van der Waals surface area contributed by atoms with E-state index in [1.54, 1.807) is 0 Å². The highest BCUT2D eigenvalue weighted by atomic mass is 35.5. The van der Waals surface area contributed by atoms with E-state index in [1.165, 1.54) is 19.3 Å². The first kappa shape index (κ1) is 11.3. The van der Waals surface area contributed by atoms with E-state index >= 15 is 0 Å². The van der Waals surface area contributed by atoms with Crippen molar-refractivity contribution in [1.29, 1.82) is 0 Å². The van der Waals surface area contributed by atoms with E-state index in [1.807, 2.05) is 0 Å². The number of aliphatic hydroxyl groups excluding tert-OH is 1. The largest absolute Gasteiger partial charge is 0.391 e. The standard InChI is InChI=1S/C10H20ClNO/c1-8-4-3-5-9(2)12(8)7-10(13)6-11/h8-10,13H,3-7H2,1-2H3/t8-,9-,10-/m1/s1. The van der Waals surface area contributed by atoms with Crippen LogP contribution in [0.1, 0.15) is 33.1 Å². The van der Waals surface area contributed by atoms with Gasteiger partial charge in [-0.3, -0.25) is 4.90 Å². The molecule has 0 radical (unpaired) electrons. The van der Waals surface area contributed by atoms with Crippen molar-refractivity contribution in [3.05, 3.63) is 0 Å². The molecule has 1 rings (SSSR count). The zero-order valence-electron chi connectivity index (χ0n) is 8.54. The smallest absolute Gasteiger partial charge is 0.0802 e. The molecule has 0 aromatic heterocycles. The van der Waals surface area contributed by atoms with Crippen LogP contribution in [0.15, 0.2) is 0 Å². The summed E-state index contributed by atoms with van der Waals surface area (Å²) in [4.78, 5) is 2.37. The number of hydrogen-bond donors (Lipinski definition) is 1. The van der Waals surface area contributed by atoms with E-state index in [-0.39, 0.29) is 6.10 Å². The molecule has 0 bridgehead atoms. The van der Waals surface area contributed by atoms with Crippen molar-refractivity contribution in [2.24, 2.45) is 0 Å². The van der Waals surface area contributed by atoms with Crippen LogP contribution in [-0.2, 0) is 0 Å². The van der Waals surface area contributed by atoms with Gasteiger partial charge in [0.1, 0.15) is 0 Å². The monoisotopic (exact) mass is 205 g/mol. The normalized spacial score (nSPS) is 33.2. The molecule has 13 heavy (non-hydrogen) atoms. The summed E-state index contributed by atoms with van der Waals surface area (Å²) in [6, 6.07) is 1.20. The van der Waals surface area contributed by atoms with Crippen molar-refractivity contribution >= 4 is 11.6 Å². The highest BCUT2D eigenvalue weighted by Crippen LogP contribution is 2.22. The lowest BCUT2D eigenvalue weighted by Gasteiger charge is -2.39. The summed E-state index contributed by atoms with van der Waals surface area (Å²) in [5.74, 6) is 0.343. The fourth-order valence-electron chi connectivity index (χ4n) is 2.13. The van der Waals surface area contributed by atoms with Crippen molar-refractivity contribution in [3.63, 3.8) is 0 Å². The lowest BCUT2D eigenvalue weighted by atomic mass is 9.97. The van der Waals surface area contributed by atoms with Crippen LogP contribution in [0, 0.1) is 0 Å². The van der Waals surface area contributed by atoms with Crippen LogP contribution in [0.25, 0.3) is 0 Å². The maximum atomic E-state index is 9.47. The molecule has 0 amide bonds. The molecular weight excluding hydrogens is 186 g/mol. The SMILES string of the molecule is C[C@@H]1CCC[C@@H](C)N1C[C@H](O)CCl. The van der Waals surface area contributed by atoms with Crippen LogP contribution in [0.5, 0.6) is 0 Å². The molecule has 0 saturated carbocycles. The third-order valence-corrected chi connectivity index (χ3v) is 3.33. The molecule has 3 atom stereocenters. The summed E-state index contributed by atoms with van der Waals surface area (Å²) >= 11 is 5.59. The summed E-state index contributed by atoms with van der Waals surface area (Å²) in [6.45, 7) is 5.19. The molecule has 1 N–H and O–H groups in total. The molecule has 1 fully saturated rings. The van der Waals surface area contributed by atoms with E-state index in [2.05, 4.69) is 18.7 Å². The number of rotatable bonds is 3. The Morgan fingerprint density at radius 3 is 2.38 bits per heavy atom. The Bertz CT molecular complexity index is 144. The third kappa shape index (κ3) is 3.12. The van der Waals surface area contributed by atoms with Gasteiger partial charge in [0.2, 0.25) is 0 Å². The van der Waals surface area contributed by atoms with Gasteiger partial charge in [-0.15, -0.1) is 11.6 Å². The van der Waals surface area contributed by atoms with Gasteiger partial charge in [-0.25, -0.2) is 0 Å². The molecule has 1 heterocycles. The number of halogens is 1. The van der Waals surface area contributed by atoms with Gasteiger partial charge in [0, 0.05) is 24.5 Å². The fourth-order valence-corrected chi connectivity index (χ4v) is 2.22. The number of piperidine rings is 1. The lowest BCUT2D eigenvalue weighted by molar-refractivity contribution is 0.0502. The van der Waals surface area contributed by atoms with Crippen LogP contribution < -0.4 is 0 Å². The number of nitrogens with zero attached hydrogens (tertiary/aromatic N) is 1. The predicted octanol–water partition coefficient (Wildman–Crippen LogP) is 1.85. The van der Waals surface area contributed by atoms with E-state index in [0.717, 1.165) is 6.54 Å². The topological polar surface area (TPSA) is 23.5 Å². The average molecular weight is 206 g/mol. The second-order valence-electron chi connectivity index (χ2n) is 4.13. The zero-order valence-corrected chi connectivity index (χ0v) is 9.30. The van der Waals surface area contributed by atoms with Gasteiger partial charge in [0.25, 0.3) is 0 Å². The first-order chi connectivity index (χ1) is 6.15. The zero-order chi connectivity index (χ0) is 9.84. The average Bonchev–Trinajstić information content (AvgIpc) is 2.11. The molecule has 0 aromatic carbocycles. The van der Waals surface area contributed by atoms with Gasteiger partial charge in [-0.1, -0.05) is 6.42 Å². The van der Waals surface area contributed by atoms with Crippen molar-refractivity contribution in [2.75, 3.05) is 12.4 Å². The summed E-state index contributed by atoms with van der Waals surface area (Å²) in [7, 11) is 0. The minimum absolute atomic E-state index is 0.343. The molecule has 0 aromatic rings. The molecule has 0 aliphatic carbocycles. The van der Waals surface area contributed by atoms with Crippen LogP contribution in [-0.4, -0.2) is 40.6 Å². The Morgan fingerprint density at radius 2 is 1.92 bits per heavy atom. The molecule has 78 valence electrons. The highest BCUT2D eigenvalue weighted by Gasteiger charge is 2.25. The maximum Gasteiger partial charge on any atom is 0.0802 e. The van der Waals surface area contributed by atoms with Crippen molar-refractivity contribution in [1.82, 2.24) is 4.90 Å². The number of β-amino-alcohol motifs (C(OH)–C–C–N with tert-alkyl or cyclic N) is 1. The van der Waals surface area contributed by atoms with Crippen LogP contribution in [0.3, 0.4) is 0 Å². The van der Waals surface area contributed by atoms with Crippen molar-refractivity contribution < 1.29 is 5.11 Å². The van der Waals surface area contributed by atoms with E-state index < -0.39 is 0 Å². The summed E-state index contributed by atoms with van der Waals surface area (Å²) in [5.41, 5.74) is 0. The second-order valence-corrected chi connectivity index (χ2v) is 4.44. The van der Waals surface area contributed by atoms with E-state index in [9.17, 15) is 5.11 Å². The van der Waals surface area contributed by atoms with Crippen LogP contribution in [0.4, 0.5) is 0 Å². The number of hydrogen-bond acceptors (Lipinski definition) is 2. The second kappa shape index (κ2) is 5.18. The Balaban J connectivity index is 2.43. The molecule has 1 saturated heterocycles. The van der Waals surface area contributed by atoms with Gasteiger partial charge >= 0.3 is 0 Å². The summed E-state index contributed by atoms with van der Waals surface area (Å²) in [6.07, 6.45) is 3.44. The fraction of sp³-hybridized carbons (Fsp3) is 1.00. The molecule has 3 heteroatoms. The van der Waals surface area contributed by atoms with E-state index in [0.29, 0.717) is 18.0 Å². The van der Waals surface area contributed by atoms with Gasteiger partial charge in [0.15, 0.2) is 0 Å². The lowest BCUT2D eigenvalue weighted by Crippen LogP contribution is -2.47. The number of aliphatic hydroxyl groups is 1. The van der Waals surface area contributed by atoms with Crippen LogP contribution >= 0.6 is 11.6 Å². The number of alkyl halides is 1. The van der Waals surface area contributed by atoms with Gasteiger partial charge in [-0.05, 0) is 26.7 Å².